The number of amides is 2. The first-order valence-corrected chi connectivity index (χ1v) is 14.9. The molecular formula is C31H47FN6O3. The van der Waals surface area contributed by atoms with Gasteiger partial charge in [-0.2, -0.15) is 0 Å². The number of anilines is 1. The quantitative estimate of drug-likeness (QED) is 0.448. The first-order chi connectivity index (χ1) is 19.7. The van der Waals surface area contributed by atoms with Crippen LogP contribution in [0.15, 0.2) is 30.7 Å². The van der Waals surface area contributed by atoms with E-state index in [0.717, 1.165) is 24.8 Å². The van der Waals surface area contributed by atoms with Crippen LogP contribution in [-0.4, -0.2) is 84.9 Å². The van der Waals surface area contributed by atoms with Crippen LogP contribution in [0.2, 0.25) is 0 Å². The van der Waals surface area contributed by atoms with E-state index in [9.17, 15) is 9.18 Å². The smallest absolute Gasteiger partial charge is 0.257 e. The number of carbonyl (C=O) groups excluding carboxylic acids is 2. The molecule has 0 atom stereocenters. The van der Waals surface area contributed by atoms with Crippen LogP contribution in [0.1, 0.15) is 70.6 Å². The highest BCUT2D eigenvalue weighted by molar-refractivity contribution is 5.97. The Balaban J connectivity index is 0.000000911. The summed E-state index contributed by atoms with van der Waals surface area (Å²) in [4.78, 5) is 37.3. The van der Waals surface area contributed by atoms with Gasteiger partial charge in [-0.25, -0.2) is 14.4 Å². The molecule has 0 radical (unpaired) electrons. The lowest BCUT2D eigenvalue weighted by atomic mass is 9.71. The number of carbonyl (C=O) groups is 2. The molecule has 1 saturated carbocycles. The molecule has 1 N–H and O–H groups in total. The summed E-state index contributed by atoms with van der Waals surface area (Å²) < 4.78 is 20.3. The zero-order valence-corrected chi connectivity index (χ0v) is 24.9. The number of nitrogens with zero attached hydrogens (tertiary/aromatic N) is 5. The molecule has 0 unspecified atom stereocenters. The average molecular weight is 571 g/mol. The molecule has 9 nitrogen and oxygen atoms in total. The van der Waals surface area contributed by atoms with E-state index in [1.54, 1.807) is 25.2 Å². The highest BCUT2D eigenvalue weighted by Crippen LogP contribution is 2.45. The molecule has 1 aromatic heterocycles. The number of ether oxygens (including phenoxy) is 1. The number of nitrogens with one attached hydrogen (secondary N) is 1. The lowest BCUT2D eigenvalue weighted by Gasteiger charge is -2.54. The largest absolute Gasteiger partial charge is 0.451 e. The Kier molecular flexibility index (Phi) is 10.5. The number of halogens is 1. The maximum Gasteiger partial charge on any atom is 0.257 e. The minimum atomic E-state index is -0.475. The second kappa shape index (κ2) is 14.1. The molecule has 10 heteroatoms. The molecule has 41 heavy (non-hydrogen) atoms. The first kappa shape index (κ1) is 30.7. The van der Waals surface area contributed by atoms with Crippen molar-refractivity contribution in [2.24, 2.45) is 11.3 Å². The van der Waals surface area contributed by atoms with Gasteiger partial charge in [0, 0.05) is 46.6 Å². The van der Waals surface area contributed by atoms with Gasteiger partial charge < -0.3 is 24.8 Å². The summed E-state index contributed by atoms with van der Waals surface area (Å²) in [5, 5.41) is 2.25. The third-order valence-corrected chi connectivity index (χ3v) is 8.77. The number of benzene rings is 1. The van der Waals surface area contributed by atoms with Crippen LogP contribution in [0.3, 0.4) is 0 Å². The molecular weight excluding hydrogens is 523 g/mol. The van der Waals surface area contributed by atoms with Gasteiger partial charge >= 0.3 is 0 Å². The van der Waals surface area contributed by atoms with Gasteiger partial charge in [0.1, 0.15) is 17.9 Å². The number of hydrogen-bond acceptors (Lipinski definition) is 7. The van der Waals surface area contributed by atoms with Gasteiger partial charge in [-0.15, -0.1) is 0 Å². The fraction of sp³-hybridized carbons (Fsp3) is 0.613. The SMILES string of the molecule is CC(C)N(C)C(=O)c1cc(F)ccc1Oc1cncnc1N1CC2(CCN(CC3CCCCC3)CC2)C1.CNC=O.[HH]. The summed E-state index contributed by atoms with van der Waals surface area (Å²) in [6.07, 6.45) is 13.3. The number of piperidine rings is 1. The van der Waals surface area contributed by atoms with Crippen molar-refractivity contribution in [2.75, 3.05) is 51.7 Å². The van der Waals surface area contributed by atoms with Crippen molar-refractivity contribution in [3.05, 3.63) is 42.1 Å². The van der Waals surface area contributed by atoms with Gasteiger partial charge in [-0.1, -0.05) is 19.3 Å². The van der Waals surface area contributed by atoms with Gasteiger partial charge in [0.25, 0.3) is 5.91 Å². The van der Waals surface area contributed by atoms with Crippen LogP contribution in [0.25, 0.3) is 0 Å². The van der Waals surface area contributed by atoms with Crippen molar-refractivity contribution >= 4 is 18.1 Å². The van der Waals surface area contributed by atoms with Gasteiger partial charge in [-0.3, -0.25) is 9.59 Å². The Hall–Kier alpha value is -3.27. The van der Waals surface area contributed by atoms with E-state index in [-0.39, 0.29) is 18.9 Å². The third-order valence-electron chi connectivity index (χ3n) is 8.77. The Labute approximate surface area is 244 Å². The highest BCUT2D eigenvalue weighted by Gasteiger charge is 2.46. The van der Waals surface area contributed by atoms with Crippen molar-refractivity contribution in [1.82, 2.24) is 25.1 Å². The van der Waals surface area contributed by atoms with Crippen molar-refractivity contribution in [2.45, 2.75) is 64.8 Å². The second-order valence-electron chi connectivity index (χ2n) is 12.0. The Bertz CT molecular complexity index is 1160. The number of likely N-dealkylation sites (tertiary alicyclic amines) is 1. The second-order valence-corrected chi connectivity index (χ2v) is 12.0. The average Bonchev–Trinajstić information content (AvgIpc) is 2.97. The van der Waals surface area contributed by atoms with Crippen molar-refractivity contribution in [3.63, 3.8) is 0 Å². The van der Waals surface area contributed by atoms with E-state index in [2.05, 4.69) is 25.1 Å². The predicted octanol–water partition coefficient (Wildman–Crippen LogP) is 4.98. The molecule has 1 aliphatic carbocycles. The molecule has 2 amide bonds. The topological polar surface area (TPSA) is 90.9 Å². The van der Waals surface area contributed by atoms with Gasteiger partial charge in [0.15, 0.2) is 11.6 Å². The Morgan fingerprint density at radius 3 is 2.54 bits per heavy atom. The van der Waals surface area contributed by atoms with Crippen LogP contribution >= 0.6 is 0 Å². The maximum absolute atomic E-state index is 14.1. The molecule has 3 fully saturated rings. The fourth-order valence-corrected chi connectivity index (χ4v) is 6.10. The zero-order chi connectivity index (χ0) is 29.4. The summed E-state index contributed by atoms with van der Waals surface area (Å²) >= 11 is 0. The molecule has 2 saturated heterocycles. The molecule has 1 spiro atoms. The van der Waals surface area contributed by atoms with Gasteiger partial charge in [-0.05, 0) is 76.7 Å². The van der Waals surface area contributed by atoms with E-state index in [4.69, 9.17) is 9.53 Å². The molecule has 2 aromatic rings. The lowest BCUT2D eigenvalue weighted by molar-refractivity contribution is -0.109. The van der Waals surface area contributed by atoms with Crippen molar-refractivity contribution in [3.8, 4) is 11.5 Å². The summed E-state index contributed by atoms with van der Waals surface area (Å²) in [6, 6.07) is 4.03. The van der Waals surface area contributed by atoms with E-state index in [1.807, 2.05) is 13.8 Å². The molecule has 3 heterocycles. The van der Waals surface area contributed by atoms with Crippen LogP contribution in [-0.2, 0) is 4.79 Å². The molecule has 226 valence electrons. The summed E-state index contributed by atoms with van der Waals surface area (Å²) in [5.41, 5.74) is 0.527. The normalized spacial score (nSPS) is 18.7. The Morgan fingerprint density at radius 2 is 1.90 bits per heavy atom. The summed E-state index contributed by atoms with van der Waals surface area (Å²) in [7, 11) is 3.27. The fourth-order valence-electron chi connectivity index (χ4n) is 6.10. The van der Waals surface area contributed by atoms with E-state index in [0.29, 0.717) is 23.3 Å². The third kappa shape index (κ3) is 7.72. The minimum Gasteiger partial charge on any atom is -0.451 e. The van der Waals surface area contributed by atoms with Crippen molar-refractivity contribution < 1.29 is 20.1 Å². The minimum absolute atomic E-state index is 0. The van der Waals surface area contributed by atoms with Crippen LogP contribution in [0.5, 0.6) is 11.5 Å². The van der Waals surface area contributed by atoms with Gasteiger partial charge in [0.2, 0.25) is 6.41 Å². The lowest BCUT2D eigenvalue weighted by Crippen LogP contribution is -2.61. The predicted molar refractivity (Wildman–Crippen MR) is 160 cm³/mol. The zero-order valence-electron chi connectivity index (χ0n) is 24.9. The van der Waals surface area contributed by atoms with Crippen LogP contribution in [0.4, 0.5) is 10.2 Å². The molecule has 3 aliphatic rings. The number of rotatable bonds is 8. The molecule has 2 aliphatic heterocycles. The molecule has 5 rings (SSSR count). The Morgan fingerprint density at radius 1 is 1.22 bits per heavy atom. The first-order valence-electron chi connectivity index (χ1n) is 14.9. The number of aromatic nitrogens is 2. The summed E-state index contributed by atoms with van der Waals surface area (Å²) in [6.45, 7) is 9.37. The van der Waals surface area contributed by atoms with Crippen LogP contribution < -0.4 is 15.0 Å². The standard InChI is InChI=1S/C29H40FN5O2.C2H5NO.H2/c1-21(2)33(3)28(36)24-15-23(30)9-10-25(24)37-26-16-31-20-32-27(26)35-18-29(19-35)11-13-34(14-12-29)17-22-7-5-4-6-8-22;1-3-2-4;/h9-10,15-16,20-22H,4-8,11-14,17-19H2,1-3H3;2H,1H3,(H,3,4);1H. The molecule has 0 bridgehead atoms. The van der Waals surface area contributed by atoms with Crippen LogP contribution in [0, 0.1) is 17.2 Å². The van der Waals surface area contributed by atoms with E-state index >= 15 is 0 Å². The number of hydrogen-bond donors (Lipinski definition) is 1. The van der Waals surface area contributed by atoms with E-state index in [1.165, 1.54) is 89.1 Å². The van der Waals surface area contributed by atoms with Gasteiger partial charge in [0.05, 0.1) is 11.8 Å². The molecule has 1 aromatic carbocycles. The summed E-state index contributed by atoms with van der Waals surface area (Å²) in [5.74, 6) is 1.65. The maximum atomic E-state index is 14.1. The monoisotopic (exact) mass is 570 g/mol. The van der Waals surface area contributed by atoms with E-state index < -0.39 is 5.82 Å². The van der Waals surface area contributed by atoms with Crippen molar-refractivity contribution in [1.29, 1.82) is 0 Å². The highest BCUT2D eigenvalue weighted by atomic mass is 19.1.